The van der Waals surface area contributed by atoms with Crippen molar-refractivity contribution in [2.45, 2.75) is 36.6 Å². The molecule has 1 atom stereocenters. The van der Waals surface area contributed by atoms with Crippen molar-refractivity contribution in [3.8, 4) is 16.9 Å². The van der Waals surface area contributed by atoms with Gasteiger partial charge in [0.25, 0.3) is 0 Å². The Kier molecular flexibility index (Phi) is 4.88. The van der Waals surface area contributed by atoms with Gasteiger partial charge in [-0.25, -0.2) is 9.59 Å². The molecule has 4 aliphatic rings. The number of methoxy groups -OCH3 is 1. The highest BCUT2D eigenvalue weighted by Crippen LogP contribution is 2.75. The summed E-state index contributed by atoms with van der Waals surface area (Å²) >= 11 is 0. The summed E-state index contributed by atoms with van der Waals surface area (Å²) in [4.78, 5) is 24.9. The highest BCUT2D eigenvalue weighted by Gasteiger charge is 2.72. The van der Waals surface area contributed by atoms with Crippen molar-refractivity contribution in [3.05, 3.63) is 89.5 Å². The zero-order chi connectivity index (χ0) is 24.2. The van der Waals surface area contributed by atoms with E-state index in [1.807, 2.05) is 42.5 Å². The zero-order valence-electron chi connectivity index (χ0n) is 19.5. The van der Waals surface area contributed by atoms with Gasteiger partial charge in [0.05, 0.1) is 7.11 Å². The first-order chi connectivity index (χ1) is 16.9. The minimum Gasteiger partial charge on any atom is -0.497 e. The second-order valence-corrected chi connectivity index (χ2v) is 10.1. The molecule has 6 heteroatoms. The molecule has 0 spiro atoms. The van der Waals surface area contributed by atoms with E-state index in [1.165, 1.54) is 5.56 Å². The molecule has 2 N–H and O–H groups in total. The number of carboxylic acid groups (broad SMARTS) is 1. The quantitative estimate of drug-likeness (QED) is 0.502. The lowest BCUT2D eigenvalue weighted by molar-refractivity contribution is -0.183. The van der Waals surface area contributed by atoms with E-state index in [0.29, 0.717) is 0 Å². The molecule has 0 saturated heterocycles. The van der Waals surface area contributed by atoms with Crippen LogP contribution in [0, 0.1) is 5.41 Å². The van der Waals surface area contributed by atoms with Crippen LogP contribution in [0.5, 0.6) is 5.75 Å². The zero-order valence-corrected chi connectivity index (χ0v) is 19.5. The molecule has 0 radical (unpaired) electrons. The maximum atomic E-state index is 12.8. The Morgan fingerprint density at radius 2 is 1.60 bits per heavy atom. The van der Waals surface area contributed by atoms with E-state index in [2.05, 4.69) is 35.6 Å². The van der Waals surface area contributed by atoms with E-state index in [4.69, 9.17) is 9.47 Å². The first kappa shape index (κ1) is 21.7. The van der Waals surface area contributed by atoms with Crippen LogP contribution < -0.4 is 10.1 Å². The summed E-state index contributed by atoms with van der Waals surface area (Å²) in [5.41, 5.74) is 5.26. The van der Waals surface area contributed by atoms with Gasteiger partial charge in [-0.15, -0.1) is 0 Å². The number of aliphatic carboxylic acids is 1. The van der Waals surface area contributed by atoms with Crippen LogP contribution >= 0.6 is 0 Å². The number of benzene rings is 3. The van der Waals surface area contributed by atoms with Gasteiger partial charge in [0.1, 0.15) is 18.4 Å². The summed E-state index contributed by atoms with van der Waals surface area (Å²) in [6, 6.07) is 23.2. The topological polar surface area (TPSA) is 84.9 Å². The SMILES string of the molecule is COc1cccc(C23CC(C(NC(=O)OCC4c5ccccc5-c5ccccc54)C(=O)O)(C2)C3)c1. The molecule has 178 valence electrons. The summed E-state index contributed by atoms with van der Waals surface area (Å²) in [6.45, 7) is 0.160. The van der Waals surface area contributed by atoms with Gasteiger partial charge in [0.15, 0.2) is 0 Å². The summed E-state index contributed by atoms with van der Waals surface area (Å²) in [5.74, 6) is -0.284. The lowest BCUT2D eigenvalue weighted by Crippen LogP contribution is -2.73. The van der Waals surface area contributed by atoms with Gasteiger partial charge in [-0.3, -0.25) is 0 Å². The Morgan fingerprint density at radius 3 is 2.20 bits per heavy atom. The molecule has 35 heavy (non-hydrogen) atoms. The molecule has 6 nitrogen and oxygen atoms in total. The van der Waals surface area contributed by atoms with Crippen molar-refractivity contribution in [3.63, 3.8) is 0 Å². The summed E-state index contributed by atoms with van der Waals surface area (Å²) in [5, 5.41) is 12.6. The number of carbonyl (C=O) groups is 2. The molecule has 3 aromatic carbocycles. The molecular formula is C29H27NO5. The molecular weight excluding hydrogens is 442 g/mol. The van der Waals surface area contributed by atoms with Gasteiger partial charge in [-0.2, -0.15) is 0 Å². The van der Waals surface area contributed by atoms with Crippen molar-refractivity contribution in [1.82, 2.24) is 5.32 Å². The van der Waals surface area contributed by atoms with Crippen molar-refractivity contribution in [1.29, 1.82) is 0 Å². The third-order valence-electron chi connectivity index (χ3n) is 8.22. The van der Waals surface area contributed by atoms with Gasteiger partial charge < -0.3 is 19.9 Å². The number of ether oxygens (including phenoxy) is 2. The Bertz CT molecular complexity index is 1270. The number of nitrogens with one attached hydrogen (secondary N) is 1. The van der Waals surface area contributed by atoms with Gasteiger partial charge in [-0.05, 0) is 64.6 Å². The highest BCUT2D eigenvalue weighted by atomic mass is 16.5. The molecule has 1 amide bonds. The van der Waals surface area contributed by atoms with Gasteiger partial charge in [-0.1, -0.05) is 60.7 Å². The molecule has 1 unspecified atom stereocenters. The average molecular weight is 470 g/mol. The predicted octanol–water partition coefficient (Wildman–Crippen LogP) is 5.11. The van der Waals surface area contributed by atoms with Crippen LogP contribution in [0.15, 0.2) is 72.8 Å². The van der Waals surface area contributed by atoms with Crippen LogP contribution in [-0.2, 0) is 14.9 Å². The number of hydrogen-bond donors (Lipinski definition) is 2. The number of rotatable bonds is 7. The first-order valence-electron chi connectivity index (χ1n) is 11.9. The minimum absolute atomic E-state index is 0.0227. The Labute approximate surface area is 203 Å². The first-order valence-corrected chi connectivity index (χ1v) is 11.9. The standard InChI is InChI=1S/C29H27NO5/c1-34-19-8-6-7-18(13-19)28-15-29(16-28,17-28)25(26(31)32)30-27(33)35-14-24-22-11-4-2-9-20(22)21-10-3-5-12-23(21)24/h2-13,24-25H,14-17H2,1H3,(H,30,33)(H,31,32). The fourth-order valence-corrected chi connectivity index (χ4v) is 6.67. The maximum Gasteiger partial charge on any atom is 0.407 e. The third-order valence-corrected chi connectivity index (χ3v) is 8.22. The van der Waals surface area contributed by atoms with Crippen LogP contribution in [0.1, 0.15) is 41.9 Å². The summed E-state index contributed by atoms with van der Waals surface area (Å²) in [7, 11) is 1.64. The number of alkyl carbamates (subject to hydrolysis) is 1. The fourth-order valence-electron chi connectivity index (χ4n) is 6.67. The summed E-state index contributed by atoms with van der Waals surface area (Å²) < 4.78 is 11.0. The molecule has 7 rings (SSSR count). The Hall–Kier alpha value is -3.80. The van der Waals surface area contributed by atoms with Crippen molar-refractivity contribution >= 4 is 12.1 Å². The number of carbonyl (C=O) groups excluding carboxylic acids is 1. The normalized spacial score (nSPS) is 24.3. The van der Waals surface area contributed by atoms with Gasteiger partial charge in [0, 0.05) is 11.3 Å². The molecule has 0 heterocycles. The molecule has 2 bridgehead atoms. The smallest absolute Gasteiger partial charge is 0.407 e. The molecule has 4 aliphatic carbocycles. The lowest BCUT2D eigenvalue weighted by Gasteiger charge is -2.72. The van der Waals surface area contributed by atoms with Crippen LogP contribution in [0.2, 0.25) is 0 Å². The van der Waals surface area contributed by atoms with Crippen LogP contribution in [0.25, 0.3) is 11.1 Å². The van der Waals surface area contributed by atoms with E-state index in [0.717, 1.165) is 47.3 Å². The second kappa shape index (κ2) is 7.87. The van der Waals surface area contributed by atoms with Gasteiger partial charge in [0.2, 0.25) is 0 Å². The monoisotopic (exact) mass is 469 g/mol. The largest absolute Gasteiger partial charge is 0.497 e. The van der Waals surface area contributed by atoms with E-state index >= 15 is 0 Å². The molecule has 3 aromatic rings. The van der Waals surface area contributed by atoms with Crippen LogP contribution in [0.3, 0.4) is 0 Å². The van der Waals surface area contributed by atoms with E-state index in [9.17, 15) is 14.7 Å². The Balaban J connectivity index is 1.12. The highest BCUT2D eigenvalue weighted by molar-refractivity contribution is 5.82. The maximum absolute atomic E-state index is 12.8. The second-order valence-electron chi connectivity index (χ2n) is 10.1. The number of hydrogen-bond acceptors (Lipinski definition) is 4. The summed E-state index contributed by atoms with van der Waals surface area (Å²) in [6.07, 6.45) is 1.51. The van der Waals surface area contributed by atoms with Crippen LogP contribution in [0.4, 0.5) is 4.79 Å². The number of carboxylic acids is 1. The number of fused-ring (bicyclic) bond motifs is 3. The van der Waals surface area contributed by atoms with Crippen molar-refractivity contribution in [2.24, 2.45) is 5.41 Å². The fraction of sp³-hybridized carbons (Fsp3) is 0.310. The molecule has 0 aliphatic heterocycles. The van der Waals surface area contributed by atoms with Gasteiger partial charge >= 0.3 is 12.1 Å². The number of amides is 1. The third kappa shape index (κ3) is 3.31. The van der Waals surface area contributed by atoms with E-state index in [1.54, 1.807) is 7.11 Å². The average Bonchev–Trinajstić information content (AvgIpc) is 3.14. The van der Waals surface area contributed by atoms with Crippen molar-refractivity contribution in [2.75, 3.05) is 13.7 Å². The van der Waals surface area contributed by atoms with Crippen LogP contribution in [-0.4, -0.2) is 36.9 Å². The Morgan fingerprint density at radius 1 is 0.971 bits per heavy atom. The van der Waals surface area contributed by atoms with E-state index < -0.39 is 23.5 Å². The predicted molar refractivity (Wildman–Crippen MR) is 131 cm³/mol. The molecule has 3 saturated carbocycles. The molecule has 3 fully saturated rings. The molecule has 0 aromatic heterocycles. The lowest BCUT2D eigenvalue weighted by atomic mass is 9.31. The minimum atomic E-state index is -1.02. The van der Waals surface area contributed by atoms with Crippen molar-refractivity contribution < 1.29 is 24.2 Å². The van der Waals surface area contributed by atoms with E-state index in [-0.39, 0.29) is 17.9 Å².